The summed E-state index contributed by atoms with van der Waals surface area (Å²) in [5, 5.41) is 2.48. The molecule has 0 amide bonds. The number of anilines is 5. The highest BCUT2D eigenvalue weighted by molar-refractivity contribution is 5.93. The Hall–Kier alpha value is -5.86. The van der Waals surface area contributed by atoms with E-state index in [1.165, 1.54) is 95.7 Å². The molecule has 0 unspecified atom stereocenters. The standard InChI is InChI=1S/C51H44N2/c1-50(2)43-14-6-9-17-48(43)53(49-18-10-7-15-44(49)50)40-25-24-37-30-34(21-23-38(37)32-40)19-20-35-22-27-41-42-28-26-39(33-46(42)51(3,4)45(41)31-35)52-29-11-13-36-12-5-8-16-47(36)52/h5-10,12,14-28,30-33H,11,13,29H2,1-4H3/b20-19+. The fourth-order valence-corrected chi connectivity index (χ4v) is 9.45. The van der Waals surface area contributed by atoms with Crippen LogP contribution in [-0.4, -0.2) is 6.54 Å². The molecule has 7 aromatic carbocycles. The van der Waals surface area contributed by atoms with Crippen molar-refractivity contribution in [2.45, 2.75) is 51.4 Å². The number of rotatable bonds is 4. The fourth-order valence-electron chi connectivity index (χ4n) is 9.45. The van der Waals surface area contributed by atoms with Gasteiger partial charge in [-0.05, 0) is 122 Å². The first-order valence-electron chi connectivity index (χ1n) is 19.1. The summed E-state index contributed by atoms with van der Waals surface area (Å²) in [6, 6.07) is 54.5. The largest absolute Gasteiger partial charge is 0.341 e. The van der Waals surface area contributed by atoms with Gasteiger partial charge in [0.25, 0.3) is 0 Å². The average molecular weight is 685 g/mol. The minimum atomic E-state index is -0.0778. The van der Waals surface area contributed by atoms with Gasteiger partial charge < -0.3 is 9.80 Å². The SMILES string of the molecule is CC1(C)c2cc(/C=C/c3ccc4cc(N5c6ccccc6C(C)(C)c6ccccc65)ccc4c3)ccc2-c2ccc(N3CCCc4ccccc43)cc21. The topological polar surface area (TPSA) is 6.48 Å². The van der Waals surface area contributed by atoms with Gasteiger partial charge in [0.15, 0.2) is 0 Å². The van der Waals surface area contributed by atoms with Crippen LogP contribution in [0.1, 0.15) is 73.1 Å². The monoisotopic (exact) mass is 684 g/mol. The normalized spacial score (nSPS) is 16.2. The number of hydrogen-bond acceptors (Lipinski definition) is 2. The lowest BCUT2D eigenvalue weighted by atomic mass is 9.73. The van der Waals surface area contributed by atoms with Gasteiger partial charge in [0.05, 0.1) is 11.4 Å². The second-order valence-corrected chi connectivity index (χ2v) is 16.2. The van der Waals surface area contributed by atoms with E-state index in [9.17, 15) is 0 Å². The third-order valence-electron chi connectivity index (χ3n) is 12.3. The van der Waals surface area contributed by atoms with Crippen molar-refractivity contribution < 1.29 is 0 Å². The Kier molecular flexibility index (Phi) is 7.11. The van der Waals surface area contributed by atoms with Gasteiger partial charge in [-0.25, -0.2) is 0 Å². The molecule has 0 aromatic heterocycles. The lowest BCUT2D eigenvalue weighted by Gasteiger charge is -2.42. The van der Waals surface area contributed by atoms with Crippen LogP contribution < -0.4 is 9.80 Å². The van der Waals surface area contributed by atoms with E-state index in [4.69, 9.17) is 0 Å². The maximum atomic E-state index is 2.52. The average Bonchev–Trinajstić information content (AvgIpc) is 3.41. The number of para-hydroxylation sites is 3. The molecule has 0 atom stereocenters. The third-order valence-corrected chi connectivity index (χ3v) is 12.3. The summed E-state index contributed by atoms with van der Waals surface area (Å²) in [7, 11) is 0. The van der Waals surface area contributed by atoms with Gasteiger partial charge in [0, 0.05) is 34.4 Å². The summed E-state index contributed by atoms with van der Waals surface area (Å²) in [6.07, 6.45) is 6.88. The van der Waals surface area contributed by atoms with Gasteiger partial charge in [-0.1, -0.05) is 137 Å². The first-order valence-corrected chi connectivity index (χ1v) is 19.1. The van der Waals surface area contributed by atoms with Gasteiger partial charge in [-0.15, -0.1) is 0 Å². The van der Waals surface area contributed by atoms with Crippen LogP contribution in [0.5, 0.6) is 0 Å². The van der Waals surface area contributed by atoms with Crippen LogP contribution in [0, 0.1) is 0 Å². The second-order valence-electron chi connectivity index (χ2n) is 16.2. The van der Waals surface area contributed by atoms with Crippen molar-refractivity contribution in [1.82, 2.24) is 0 Å². The molecule has 0 saturated heterocycles. The van der Waals surface area contributed by atoms with Crippen LogP contribution in [-0.2, 0) is 17.3 Å². The minimum absolute atomic E-state index is 0.0652. The number of nitrogens with zero attached hydrogens (tertiary/aromatic N) is 2. The molecule has 258 valence electrons. The molecule has 0 radical (unpaired) electrons. The highest BCUT2D eigenvalue weighted by Gasteiger charge is 2.37. The quantitative estimate of drug-likeness (QED) is 0.170. The maximum absolute atomic E-state index is 2.52. The van der Waals surface area contributed by atoms with Gasteiger partial charge in [0.2, 0.25) is 0 Å². The van der Waals surface area contributed by atoms with E-state index >= 15 is 0 Å². The Balaban J connectivity index is 0.934. The molecule has 7 aromatic rings. The Labute approximate surface area is 313 Å². The van der Waals surface area contributed by atoms with Gasteiger partial charge in [0.1, 0.15) is 0 Å². The summed E-state index contributed by atoms with van der Waals surface area (Å²) in [5.41, 5.74) is 18.3. The summed E-state index contributed by atoms with van der Waals surface area (Å²) in [4.78, 5) is 4.95. The van der Waals surface area contributed by atoms with Crippen molar-refractivity contribution in [2.75, 3.05) is 16.3 Å². The smallest absolute Gasteiger partial charge is 0.0502 e. The second kappa shape index (κ2) is 11.8. The van der Waals surface area contributed by atoms with Gasteiger partial charge in [-0.3, -0.25) is 0 Å². The third kappa shape index (κ3) is 5.00. The summed E-state index contributed by atoms with van der Waals surface area (Å²) in [5.74, 6) is 0. The number of hydrogen-bond donors (Lipinski definition) is 0. The van der Waals surface area contributed by atoms with Crippen molar-refractivity contribution in [3.05, 3.63) is 185 Å². The molecule has 0 saturated carbocycles. The molecule has 0 spiro atoms. The van der Waals surface area contributed by atoms with Crippen molar-refractivity contribution in [1.29, 1.82) is 0 Å². The Morgan fingerprint density at radius 1 is 0.472 bits per heavy atom. The molecule has 2 heteroatoms. The molecule has 53 heavy (non-hydrogen) atoms. The Morgan fingerprint density at radius 2 is 1.02 bits per heavy atom. The summed E-state index contributed by atoms with van der Waals surface area (Å²) >= 11 is 0. The van der Waals surface area contributed by atoms with E-state index in [0.717, 1.165) is 13.0 Å². The molecule has 1 aliphatic carbocycles. The van der Waals surface area contributed by atoms with Crippen molar-refractivity contribution in [3.63, 3.8) is 0 Å². The van der Waals surface area contributed by atoms with Gasteiger partial charge >= 0.3 is 0 Å². The molecule has 3 aliphatic rings. The molecule has 0 N–H and O–H groups in total. The molecule has 10 rings (SSSR count). The van der Waals surface area contributed by atoms with Crippen LogP contribution in [0.4, 0.5) is 28.4 Å². The summed E-state index contributed by atoms with van der Waals surface area (Å²) < 4.78 is 0. The predicted octanol–water partition coefficient (Wildman–Crippen LogP) is 13.5. The molecular formula is C51H44N2. The predicted molar refractivity (Wildman–Crippen MR) is 225 cm³/mol. The molecule has 2 nitrogen and oxygen atoms in total. The van der Waals surface area contributed by atoms with E-state index in [0.29, 0.717) is 0 Å². The first-order chi connectivity index (χ1) is 25.8. The molecule has 0 bridgehead atoms. The Bertz CT molecular complexity index is 2570. The Morgan fingerprint density at radius 3 is 1.77 bits per heavy atom. The number of fused-ring (bicyclic) bond motifs is 7. The van der Waals surface area contributed by atoms with Crippen molar-refractivity contribution in [2.24, 2.45) is 0 Å². The first kappa shape index (κ1) is 31.8. The number of aryl methyl sites for hydroxylation is 1. The zero-order chi connectivity index (χ0) is 35.9. The van der Waals surface area contributed by atoms with Crippen LogP contribution in [0.15, 0.2) is 146 Å². The lowest BCUT2D eigenvalue weighted by molar-refractivity contribution is 0.632. The molecule has 2 aliphatic heterocycles. The number of benzene rings is 7. The molecule has 2 heterocycles. The van der Waals surface area contributed by atoms with E-state index < -0.39 is 0 Å². The minimum Gasteiger partial charge on any atom is -0.341 e. The van der Waals surface area contributed by atoms with Crippen LogP contribution in [0.25, 0.3) is 34.1 Å². The zero-order valence-corrected chi connectivity index (χ0v) is 31.0. The van der Waals surface area contributed by atoms with E-state index in [1.54, 1.807) is 0 Å². The lowest BCUT2D eigenvalue weighted by Crippen LogP contribution is -2.30. The van der Waals surface area contributed by atoms with E-state index in [1.807, 2.05) is 0 Å². The van der Waals surface area contributed by atoms with E-state index in [-0.39, 0.29) is 10.8 Å². The van der Waals surface area contributed by atoms with Crippen LogP contribution in [0.3, 0.4) is 0 Å². The summed E-state index contributed by atoms with van der Waals surface area (Å²) in [6.45, 7) is 10.5. The van der Waals surface area contributed by atoms with Crippen molar-refractivity contribution >= 4 is 51.4 Å². The van der Waals surface area contributed by atoms with E-state index in [2.05, 4.69) is 195 Å². The fraction of sp³-hybridized carbons (Fsp3) is 0.176. The molecular weight excluding hydrogens is 641 g/mol. The van der Waals surface area contributed by atoms with Crippen molar-refractivity contribution in [3.8, 4) is 11.1 Å². The molecule has 0 fully saturated rings. The van der Waals surface area contributed by atoms with Crippen LogP contribution in [0.2, 0.25) is 0 Å². The maximum Gasteiger partial charge on any atom is 0.0502 e. The van der Waals surface area contributed by atoms with Gasteiger partial charge in [-0.2, -0.15) is 0 Å². The highest BCUT2D eigenvalue weighted by Crippen LogP contribution is 2.53. The zero-order valence-electron chi connectivity index (χ0n) is 31.0. The van der Waals surface area contributed by atoms with Crippen LogP contribution >= 0.6 is 0 Å². The highest BCUT2D eigenvalue weighted by atomic mass is 15.2.